The van der Waals surface area contributed by atoms with Crippen molar-refractivity contribution in [3.05, 3.63) is 30.5 Å². The van der Waals surface area contributed by atoms with Crippen LogP contribution < -0.4 is 5.73 Å². The van der Waals surface area contributed by atoms with E-state index in [1.807, 2.05) is 6.92 Å². The smallest absolute Gasteiger partial charge is 0.244 e. The predicted molar refractivity (Wildman–Crippen MR) is 76.3 cm³/mol. The Labute approximate surface area is 113 Å². The van der Waals surface area contributed by atoms with Crippen LogP contribution in [0.1, 0.15) is 13.3 Å². The predicted octanol–water partition coefficient (Wildman–Crippen LogP) is 1.85. The summed E-state index contributed by atoms with van der Waals surface area (Å²) < 4.78 is 26.3. The number of nitrogen functional groups attached to an aromatic ring is 1. The zero-order valence-corrected chi connectivity index (χ0v) is 11.8. The molecule has 0 spiro atoms. The highest BCUT2D eigenvalue weighted by Gasteiger charge is 2.23. The average Bonchev–Trinajstić information content (AvgIpc) is 2.39. The second-order valence-electron chi connectivity index (χ2n) is 4.38. The van der Waals surface area contributed by atoms with Gasteiger partial charge < -0.3 is 5.73 Å². The molecule has 0 amide bonds. The van der Waals surface area contributed by atoms with Crippen LogP contribution in [-0.2, 0) is 10.0 Å². The van der Waals surface area contributed by atoms with Crippen molar-refractivity contribution >= 4 is 26.6 Å². The molecule has 0 aliphatic rings. The molecule has 0 bridgehead atoms. The van der Waals surface area contributed by atoms with Crippen molar-refractivity contribution in [2.45, 2.75) is 18.2 Å². The molecule has 2 rings (SSSR count). The van der Waals surface area contributed by atoms with E-state index in [4.69, 9.17) is 5.73 Å². The van der Waals surface area contributed by atoms with Crippen molar-refractivity contribution in [2.75, 3.05) is 19.3 Å². The number of fused-ring (bicyclic) bond motifs is 1. The van der Waals surface area contributed by atoms with E-state index in [9.17, 15) is 8.42 Å². The number of hydrogen-bond acceptors (Lipinski definition) is 4. The zero-order chi connectivity index (χ0) is 14.0. The van der Waals surface area contributed by atoms with Gasteiger partial charge in [-0.3, -0.25) is 4.98 Å². The molecule has 1 aromatic heterocycles. The number of anilines is 1. The molecule has 1 aromatic carbocycles. The van der Waals surface area contributed by atoms with Crippen LogP contribution in [-0.4, -0.2) is 31.3 Å². The summed E-state index contributed by atoms with van der Waals surface area (Å²) in [4.78, 5) is 4.37. The molecular weight excluding hydrogens is 262 g/mol. The third-order valence-corrected chi connectivity index (χ3v) is 4.88. The maximum atomic E-state index is 12.5. The molecule has 0 saturated carbocycles. The Morgan fingerprint density at radius 3 is 2.74 bits per heavy atom. The zero-order valence-electron chi connectivity index (χ0n) is 11.0. The first-order valence-corrected chi connectivity index (χ1v) is 7.52. The number of benzene rings is 1. The number of rotatable bonds is 4. The summed E-state index contributed by atoms with van der Waals surface area (Å²) in [5, 5.41) is 0.661. The van der Waals surface area contributed by atoms with Crippen LogP contribution in [0, 0.1) is 0 Å². The van der Waals surface area contributed by atoms with Crippen molar-refractivity contribution in [3.8, 4) is 0 Å². The molecule has 102 valence electrons. The second-order valence-corrected chi connectivity index (χ2v) is 6.39. The molecule has 1 heterocycles. The standard InChI is InChI=1S/C13H17N3O2S/c1-3-9-16(2)19(17,18)12-7-6-11(14)10-5-4-8-15-13(10)12/h4-8H,3,9,14H2,1-2H3. The van der Waals surface area contributed by atoms with E-state index in [0.29, 0.717) is 23.1 Å². The first kappa shape index (κ1) is 13.8. The minimum Gasteiger partial charge on any atom is -0.398 e. The summed E-state index contributed by atoms with van der Waals surface area (Å²) in [6, 6.07) is 6.64. The maximum absolute atomic E-state index is 12.5. The van der Waals surface area contributed by atoms with Crippen LogP contribution in [0.25, 0.3) is 10.9 Å². The molecule has 0 aliphatic carbocycles. The van der Waals surface area contributed by atoms with Gasteiger partial charge in [0.15, 0.2) is 0 Å². The Bertz CT molecular complexity index is 698. The molecule has 0 radical (unpaired) electrons. The largest absolute Gasteiger partial charge is 0.398 e. The molecular formula is C13H17N3O2S. The number of aromatic nitrogens is 1. The van der Waals surface area contributed by atoms with Gasteiger partial charge in [-0.2, -0.15) is 0 Å². The van der Waals surface area contributed by atoms with Crippen LogP contribution >= 0.6 is 0 Å². The molecule has 0 atom stereocenters. The lowest BCUT2D eigenvalue weighted by Gasteiger charge is -2.17. The summed E-state index contributed by atoms with van der Waals surface area (Å²) in [7, 11) is -1.96. The summed E-state index contributed by atoms with van der Waals surface area (Å²) in [5.74, 6) is 0. The fourth-order valence-corrected chi connectivity index (χ4v) is 3.39. The summed E-state index contributed by atoms with van der Waals surface area (Å²) in [6.45, 7) is 2.41. The lowest BCUT2D eigenvalue weighted by Crippen LogP contribution is -2.28. The van der Waals surface area contributed by atoms with Gasteiger partial charge in [0.1, 0.15) is 4.90 Å². The fourth-order valence-electron chi connectivity index (χ4n) is 1.98. The van der Waals surface area contributed by atoms with Crippen LogP contribution in [0.4, 0.5) is 5.69 Å². The van der Waals surface area contributed by atoms with E-state index in [0.717, 1.165) is 6.42 Å². The number of pyridine rings is 1. The third kappa shape index (κ3) is 2.41. The molecule has 2 aromatic rings. The Morgan fingerprint density at radius 1 is 1.32 bits per heavy atom. The SMILES string of the molecule is CCCN(C)S(=O)(=O)c1ccc(N)c2cccnc12. The number of nitrogens with zero attached hydrogens (tertiary/aromatic N) is 2. The van der Waals surface area contributed by atoms with Crippen LogP contribution in [0.15, 0.2) is 35.4 Å². The monoisotopic (exact) mass is 279 g/mol. The Hall–Kier alpha value is -1.66. The van der Waals surface area contributed by atoms with Gasteiger partial charge in [0.05, 0.1) is 5.52 Å². The molecule has 0 unspecified atom stereocenters. The van der Waals surface area contributed by atoms with E-state index >= 15 is 0 Å². The van der Waals surface area contributed by atoms with E-state index in [1.165, 1.54) is 10.4 Å². The summed E-state index contributed by atoms with van der Waals surface area (Å²) >= 11 is 0. The van der Waals surface area contributed by atoms with E-state index in [-0.39, 0.29) is 4.90 Å². The molecule has 2 N–H and O–H groups in total. The van der Waals surface area contributed by atoms with Gasteiger partial charge in [0.2, 0.25) is 10.0 Å². The summed E-state index contributed by atoms with van der Waals surface area (Å²) in [6.07, 6.45) is 2.33. The highest BCUT2D eigenvalue weighted by Crippen LogP contribution is 2.27. The van der Waals surface area contributed by atoms with E-state index in [1.54, 1.807) is 31.4 Å². The Kier molecular flexibility index (Phi) is 3.73. The van der Waals surface area contributed by atoms with Gasteiger partial charge in [0, 0.05) is 30.9 Å². The molecule has 19 heavy (non-hydrogen) atoms. The topological polar surface area (TPSA) is 76.3 Å². The third-order valence-electron chi connectivity index (χ3n) is 2.99. The lowest BCUT2D eigenvalue weighted by molar-refractivity contribution is 0.469. The quantitative estimate of drug-likeness (QED) is 0.866. The van der Waals surface area contributed by atoms with Gasteiger partial charge >= 0.3 is 0 Å². The number of hydrogen-bond donors (Lipinski definition) is 1. The van der Waals surface area contributed by atoms with Crippen LogP contribution in [0.2, 0.25) is 0 Å². The Morgan fingerprint density at radius 2 is 2.05 bits per heavy atom. The molecule has 0 saturated heterocycles. The van der Waals surface area contributed by atoms with Crippen molar-refractivity contribution in [1.82, 2.24) is 9.29 Å². The van der Waals surface area contributed by atoms with Crippen molar-refractivity contribution in [1.29, 1.82) is 0 Å². The van der Waals surface area contributed by atoms with Gasteiger partial charge in [-0.15, -0.1) is 0 Å². The minimum absolute atomic E-state index is 0.202. The van der Waals surface area contributed by atoms with Crippen LogP contribution in [0.5, 0.6) is 0 Å². The van der Waals surface area contributed by atoms with E-state index in [2.05, 4.69) is 4.98 Å². The second kappa shape index (κ2) is 5.14. The fraction of sp³-hybridized carbons (Fsp3) is 0.308. The first-order chi connectivity index (χ1) is 8.98. The first-order valence-electron chi connectivity index (χ1n) is 6.08. The van der Waals surface area contributed by atoms with Gasteiger partial charge in [-0.05, 0) is 30.7 Å². The molecule has 0 aliphatic heterocycles. The normalized spacial score (nSPS) is 12.2. The number of sulfonamides is 1. The minimum atomic E-state index is -3.53. The Balaban J connectivity index is 2.67. The lowest BCUT2D eigenvalue weighted by atomic mass is 10.2. The van der Waals surface area contributed by atoms with Crippen molar-refractivity contribution < 1.29 is 8.42 Å². The van der Waals surface area contributed by atoms with Crippen molar-refractivity contribution in [2.24, 2.45) is 0 Å². The number of nitrogens with two attached hydrogens (primary N) is 1. The summed E-state index contributed by atoms with van der Waals surface area (Å²) in [5.41, 5.74) is 6.80. The van der Waals surface area contributed by atoms with Crippen LogP contribution in [0.3, 0.4) is 0 Å². The maximum Gasteiger partial charge on any atom is 0.244 e. The molecule has 6 heteroatoms. The highest BCUT2D eigenvalue weighted by molar-refractivity contribution is 7.89. The van der Waals surface area contributed by atoms with Gasteiger partial charge in [0.25, 0.3) is 0 Å². The van der Waals surface area contributed by atoms with Crippen molar-refractivity contribution in [3.63, 3.8) is 0 Å². The van der Waals surface area contributed by atoms with E-state index < -0.39 is 10.0 Å². The van der Waals surface area contributed by atoms with Gasteiger partial charge in [-0.1, -0.05) is 6.92 Å². The molecule has 5 nitrogen and oxygen atoms in total. The highest BCUT2D eigenvalue weighted by atomic mass is 32.2. The average molecular weight is 279 g/mol. The van der Waals surface area contributed by atoms with Gasteiger partial charge in [-0.25, -0.2) is 12.7 Å². The molecule has 0 fully saturated rings.